The van der Waals surface area contributed by atoms with Gasteiger partial charge in [0.15, 0.2) is 0 Å². The summed E-state index contributed by atoms with van der Waals surface area (Å²) in [5, 5.41) is 9.89. The molecular formula is C71H50N4. The van der Waals surface area contributed by atoms with E-state index in [2.05, 4.69) is 311 Å². The number of hydrogen-bond donors (Lipinski definition) is 0. The molecule has 4 heteroatoms. The van der Waals surface area contributed by atoms with Crippen molar-refractivity contribution in [2.75, 3.05) is 9.80 Å². The van der Waals surface area contributed by atoms with Crippen molar-refractivity contribution in [1.29, 1.82) is 0 Å². The summed E-state index contributed by atoms with van der Waals surface area (Å²) in [6, 6.07) is 101. The monoisotopic (exact) mass is 958 g/mol. The molecule has 0 radical (unpaired) electrons. The predicted molar refractivity (Wildman–Crippen MR) is 319 cm³/mol. The van der Waals surface area contributed by atoms with Gasteiger partial charge in [0.25, 0.3) is 0 Å². The van der Waals surface area contributed by atoms with E-state index in [-0.39, 0.29) is 0 Å². The second-order valence-corrected chi connectivity index (χ2v) is 19.5. The van der Waals surface area contributed by atoms with Gasteiger partial charge in [0.2, 0.25) is 0 Å². The topological polar surface area (TPSA) is 16.3 Å². The van der Waals surface area contributed by atoms with Crippen LogP contribution < -0.4 is 9.80 Å². The number of allylic oxidation sites excluding steroid dienone is 1. The van der Waals surface area contributed by atoms with E-state index >= 15 is 0 Å². The minimum absolute atomic E-state index is 1.09. The van der Waals surface area contributed by atoms with Crippen LogP contribution in [0.3, 0.4) is 0 Å². The third-order valence-electron chi connectivity index (χ3n) is 15.0. The summed E-state index contributed by atoms with van der Waals surface area (Å²) < 4.78 is 4.75. The molecule has 2 heterocycles. The van der Waals surface area contributed by atoms with Gasteiger partial charge < -0.3 is 18.9 Å². The average molecular weight is 959 g/mol. The van der Waals surface area contributed by atoms with Gasteiger partial charge in [-0.15, -0.1) is 0 Å². The van der Waals surface area contributed by atoms with Crippen molar-refractivity contribution in [2.45, 2.75) is 6.92 Å². The smallest absolute Gasteiger partial charge is 0.0541 e. The Kier molecular flexibility index (Phi) is 10.7. The number of para-hydroxylation sites is 4. The molecule has 2 aromatic heterocycles. The van der Waals surface area contributed by atoms with Gasteiger partial charge in [0.1, 0.15) is 0 Å². The lowest BCUT2D eigenvalue weighted by atomic mass is 10.0. The summed E-state index contributed by atoms with van der Waals surface area (Å²) in [6.07, 6.45) is 2.29. The van der Waals surface area contributed by atoms with Crippen molar-refractivity contribution in [3.8, 4) is 11.4 Å². The zero-order chi connectivity index (χ0) is 49.8. The van der Waals surface area contributed by atoms with Gasteiger partial charge in [0, 0.05) is 67.0 Å². The van der Waals surface area contributed by atoms with E-state index in [0.717, 1.165) is 51.1 Å². The standard InChI is InChI=1S/C71H50N4/c1-49(51-28-34-57(35-29-51)73(63-37-31-53-15-3-5-17-55(53)48-63)59-40-44-61(45-41-59)75-70-24-12-8-20-66(70)67-21-9-13-25-71(67)75)46-50-26-32-56(33-27-50)72(62-36-30-52-14-2-4-16-54(52)47-62)58-38-42-60(43-39-58)74-68-22-10-6-18-64(68)65-19-7-11-23-69(65)74/h2-48H,1H3/b49-46-. The molecule has 12 aromatic carbocycles. The number of hydrogen-bond acceptors (Lipinski definition) is 2. The first-order valence-corrected chi connectivity index (χ1v) is 25.7. The molecule has 354 valence electrons. The van der Waals surface area contributed by atoms with Crippen molar-refractivity contribution >= 4 is 111 Å². The van der Waals surface area contributed by atoms with Crippen LogP contribution in [-0.4, -0.2) is 9.13 Å². The van der Waals surface area contributed by atoms with E-state index in [9.17, 15) is 0 Å². The minimum Gasteiger partial charge on any atom is -0.310 e. The van der Waals surface area contributed by atoms with Crippen molar-refractivity contribution < 1.29 is 0 Å². The molecule has 0 aliphatic rings. The van der Waals surface area contributed by atoms with E-state index in [1.807, 2.05) is 0 Å². The molecule has 14 aromatic rings. The van der Waals surface area contributed by atoms with E-state index in [0.29, 0.717) is 0 Å². The number of anilines is 6. The molecule has 0 atom stereocenters. The molecule has 0 unspecified atom stereocenters. The van der Waals surface area contributed by atoms with Crippen LogP contribution in [0.15, 0.2) is 279 Å². The first-order valence-electron chi connectivity index (χ1n) is 25.7. The van der Waals surface area contributed by atoms with Crippen LogP contribution in [0.4, 0.5) is 34.1 Å². The second kappa shape index (κ2) is 18.3. The van der Waals surface area contributed by atoms with Crippen molar-refractivity contribution in [1.82, 2.24) is 9.13 Å². The molecule has 0 aliphatic carbocycles. The lowest BCUT2D eigenvalue weighted by Crippen LogP contribution is -2.10. The predicted octanol–water partition coefficient (Wildman–Crippen LogP) is 19.7. The molecule has 0 amide bonds. The Hall–Kier alpha value is -9.90. The molecule has 0 fully saturated rings. The van der Waals surface area contributed by atoms with Crippen molar-refractivity contribution in [2.24, 2.45) is 0 Å². The summed E-state index contributed by atoms with van der Waals surface area (Å²) in [5.74, 6) is 0. The highest BCUT2D eigenvalue weighted by molar-refractivity contribution is 6.10. The highest BCUT2D eigenvalue weighted by atomic mass is 15.1. The normalized spacial score (nSPS) is 11.9. The Labute approximate surface area is 436 Å². The van der Waals surface area contributed by atoms with Gasteiger partial charge in [-0.3, -0.25) is 0 Å². The fraction of sp³-hybridized carbons (Fsp3) is 0.0141. The van der Waals surface area contributed by atoms with Crippen molar-refractivity contribution in [3.05, 3.63) is 290 Å². The van der Waals surface area contributed by atoms with Crippen LogP contribution in [0.25, 0.3) is 88.2 Å². The Morgan fingerprint density at radius 2 is 0.600 bits per heavy atom. The van der Waals surface area contributed by atoms with Crippen molar-refractivity contribution in [3.63, 3.8) is 0 Å². The van der Waals surface area contributed by atoms with Gasteiger partial charge in [-0.25, -0.2) is 0 Å². The summed E-state index contributed by atoms with van der Waals surface area (Å²) in [6.45, 7) is 2.21. The molecule has 0 aliphatic heterocycles. The zero-order valence-corrected chi connectivity index (χ0v) is 41.4. The Balaban J connectivity index is 0.780. The first kappa shape index (κ1) is 43.9. The van der Waals surface area contributed by atoms with Crippen LogP contribution >= 0.6 is 0 Å². The van der Waals surface area contributed by atoms with E-state index in [4.69, 9.17) is 0 Å². The van der Waals surface area contributed by atoms with Crippen LogP contribution in [-0.2, 0) is 0 Å². The highest BCUT2D eigenvalue weighted by Gasteiger charge is 2.18. The van der Waals surface area contributed by atoms with Gasteiger partial charge >= 0.3 is 0 Å². The largest absolute Gasteiger partial charge is 0.310 e. The molecule has 14 rings (SSSR count). The fourth-order valence-electron chi connectivity index (χ4n) is 11.4. The second-order valence-electron chi connectivity index (χ2n) is 19.5. The van der Waals surface area contributed by atoms with Gasteiger partial charge in [-0.05, 0) is 166 Å². The number of fused-ring (bicyclic) bond motifs is 8. The van der Waals surface area contributed by atoms with Crippen LogP contribution in [0.2, 0.25) is 0 Å². The SMILES string of the molecule is C/C(=C/c1ccc(N(c2ccc(-n3c4ccccc4c4ccccc43)cc2)c2ccc3ccccc3c2)cc1)c1ccc(N(c2ccc(-n3c4ccccc4c4ccccc43)cc2)c2ccc3ccccc3c2)cc1. The third-order valence-corrected chi connectivity index (χ3v) is 15.0. The van der Waals surface area contributed by atoms with Gasteiger partial charge in [0.05, 0.1) is 22.1 Å². The van der Waals surface area contributed by atoms with E-state index in [1.54, 1.807) is 0 Å². The molecule has 0 spiro atoms. The Morgan fingerprint density at radius 1 is 0.293 bits per heavy atom. The molecule has 0 saturated heterocycles. The summed E-state index contributed by atoms with van der Waals surface area (Å²) in [4.78, 5) is 4.73. The van der Waals surface area contributed by atoms with Crippen LogP contribution in [0.1, 0.15) is 18.1 Å². The van der Waals surface area contributed by atoms with E-state index < -0.39 is 0 Å². The minimum atomic E-state index is 1.09. The van der Waals surface area contributed by atoms with Crippen LogP contribution in [0, 0.1) is 0 Å². The molecule has 0 saturated carbocycles. The average Bonchev–Trinajstić information content (AvgIpc) is 4.01. The summed E-state index contributed by atoms with van der Waals surface area (Å²) in [7, 11) is 0. The maximum absolute atomic E-state index is 2.37. The number of benzene rings is 12. The first-order chi connectivity index (χ1) is 37.1. The summed E-state index contributed by atoms with van der Waals surface area (Å²) >= 11 is 0. The Bertz CT molecular complexity index is 4360. The summed E-state index contributed by atoms with van der Waals surface area (Å²) in [5.41, 5.74) is 17.1. The third kappa shape index (κ3) is 7.79. The lowest BCUT2D eigenvalue weighted by Gasteiger charge is -2.26. The van der Waals surface area contributed by atoms with Gasteiger partial charge in [-0.1, -0.05) is 164 Å². The number of aromatic nitrogens is 2. The Morgan fingerprint density at radius 3 is 0.987 bits per heavy atom. The number of nitrogens with zero attached hydrogens (tertiary/aromatic N) is 4. The zero-order valence-electron chi connectivity index (χ0n) is 41.4. The molecular weight excluding hydrogens is 909 g/mol. The fourth-order valence-corrected chi connectivity index (χ4v) is 11.4. The van der Waals surface area contributed by atoms with E-state index in [1.165, 1.54) is 76.3 Å². The maximum Gasteiger partial charge on any atom is 0.0541 e. The molecule has 0 bridgehead atoms. The van der Waals surface area contributed by atoms with Crippen LogP contribution in [0.5, 0.6) is 0 Å². The molecule has 75 heavy (non-hydrogen) atoms. The van der Waals surface area contributed by atoms with Gasteiger partial charge in [-0.2, -0.15) is 0 Å². The quantitative estimate of drug-likeness (QED) is 0.127. The molecule has 0 N–H and O–H groups in total. The molecule has 4 nitrogen and oxygen atoms in total. The lowest BCUT2D eigenvalue weighted by molar-refractivity contribution is 1.17. The maximum atomic E-state index is 2.37. The highest BCUT2D eigenvalue weighted by Crippen LogP contribution is 2.41. The number of rotatable bonds is 10.